The predicted molar refractivity (Wildman–Crippen MR) is 118 cm³/mol. The molecule has 0 aromatic heterocycles. The molecular weight excluding hydrogens is 787 g/mol. The van der Waals surface area contributed by atoms with Crippen molar-refractivity contribution in [1.82, 2.24) is 0 Å². The molecule has 7 nitrogen and oxygen atoms in total. The highest BCUT2D eigenvalue weighted by atomic mass is 19.4. The van der Waals surface area contributed by atoms with Gasteiger partial charge in [-0.2, -0.15) is 61.5 Å². The number of carbonyl (C=O) groups is 1. The average Bonchev–Trinajstić information content (AvgIpc) is 2.85. The zero-order valence-corrected chi connectivity index (χ0v) is 24.8. The fourth-order valence-electron chi connectivity index (χ4n) is 3.62. The number of hydrogen-bond acceptors (Lipinski definition) is 7. The van der Waals surface area contributed by atoms with Crippen LogP contribution in [0.15, 0.2) is 0 Å². The van der Waals surface area contributed by atoms with E-state index in [0.29, 0.717) is 0 Å². The summed E-state index contributed by atoms with van der Waals surface area (Å²) in [5.74, 6) is -17.7. The van der Waals surface area contributed by atoms with E-state index in [2.05, 4.69) is 28.4 Å². The van der Waals surface area contributed by atoms with E-state index in [4.69, 9.17) is 0 Å². The molecule has 1 aliphatic carbocycles. The molecule has 51 heavy (non-hydrogen) atoms. The third-order valence-corrected chi connectivity index (χ3v) is 5.69. The van der Waals surface area contributed by atoms with Crippen LogP contribution in [0.4, 0.5) is 92.2 Å². The minimum Gasteiger partial charge on any atom is -0.457 e. The Kier molecular flexibility index (Phi) is 14.7. The first-order valence-electron chi connectivity index (χ1n) is 13.3. The third-order valence-electron chi connectivity index (χ3n) is 5.69. The second kappa shape index (κ2) is 16.0. The second-order valence-electron chi connectivity index (χ2n) is 10.6. The molecule has 0 aliphatic heterocycles. The van der Waals surface area contributed by atoms with E-state index in [1.165, 1.54) is 0 Å². The molecule has 1 aliphatic rings. The van der Waals surface area contributed by atoms with Crippen molar-refractivity contribution < 1.29 is 125 Å². The highest BCUT2D eigenvalue weighted by molar-refractivity contribution is 5.75. The standard InChI is InChI=1S/C23H23F21O7/c1-2-19(34,35)48-10-3-17(29,30)12(10)50-21(38,39)5-15(25,26)8-46-4-11(24)49-20(36,37)6-16(27,28)9-47-14(45)13(23(42,43)44)51-22(40,41)7-18(31,32)33/h10-13H,2-9H2,1H3. The summed E-state index contributed by atoms with van der Waals surface area (Å²) in [6, 6.07) is 0. The van der Waals surface area contributed by atoms with Crippen molar-refractivity contribution in [3.8, 4) is 0 Å². The van der Waals surface area contributed by atoms with E-state index in [-0.39, 0.29) is 0 Å². The number of hydrogen-bond donors (Lipinski definition) is 0. The first-order chi connectivity index (χ1) is 22.4. The van der Waals surface area contributed by atoms with Crippen LogP contribution in [0.2, 0.25) is 0 Å². The van der Waals surface area contributed by atoms with Crippen LogP contribution in [0.5, 0.6) is 0 Å². The lowest BCUT2D eigenvalue weighted by Gasteiger charge is -2.45. The Morgan fingerprint density at radius 1 is 0.686 bits per heavy atom. The van der Waals surface area contributed by atoms with E-state index in [0.717, 1.165) is 6.92 Å². The molecule has 0 saturated heterocycles. The Morgan fingerprint density at radius 3 is 1.65 bits per heavy atom. The van der Waals surface area contributed by atoms with E-state index in [1.54, 1.807) is 0 Å². The maximum Gasteiger partial charge on any atom is 0.425 e. The molecule has 0 heterocycles. The van der Waals surface area contributed by atoms with Crippen LogP contribution in [0.1, 0.15) is 39.0 Å². The van der Waals surface area contributed by atoms with Gasteiger partial charge in [0.05, 0.1) is 0 Å². The number of esters is 1. The van der Waals surface area contributed by atoms with Gasteiger partial charge in [-0.05, 0) is 0 Å². The monoisotopic (exact) mass is 810 g/mol. The van der Waals surface area contributed by atoms with Gasteiger partial charge < -0.3 is 18.9 Å². The molecular formula is C23H23F21O7. The van der Waals surface area contributed by atoms with Crippen molar-refractivity contribution in [2.75, 3.05) is 19.8 Å². The van der Waals surface area contributed by atoms with Crippen LogP contribution < -0.4 is 0 Å². The molecule has 0 aromatic rings. The highest BCUT2D eigenvalue weighted by Gasteiger charge is 2.64. The predicted octanol–water partition coefficient (Wildman–Crippen LogP) is 8.40. The third kappa shape index (κ3) is 17.0. The molecule has 0 aromatic carbocycles. The van der Waals surface area contributed by atoms with Crippen LogP contribution >= 0.6 is 0 Å². The van der Waals surface area contributed by atoms with Gasteiger partial charge in [0.15, 0.2) is 12.7 Å². The summed E-state index contributed by atoms with van der Waals surface area (Å²) < 4.78 is 300. The van der Waals surface area contributed by atoms with Crippen molar-refractivity contribution in [1.29, 1.82) is 0 Å². The number of halogens is 21. The smallest absolute Gasteiger partial charge is 0.425 e. The second-order valence-corrected chi connectivity index (χ2v) is 10.6. The first kappa shape index (κ1) is 46.8. The number of carbonyl (C=O) groups excluding carboxylic acids is 1. The average molecular weight is 810 g/mol. The SMILES string of the molecule is CCC(F)(F)OC1CC(F)(F)C1OC(F)(F)CC(F)(F)COCC(F)OC(F)(F)CC(F)(F)COC(=O)C(OC(F)(F)CC(F)(F)F)C(F)(F)F. The van der Waals surface area contributed by atoms with E-state index in [9.17, 15) is 97.0 Å². The molecule has 1 saturated carbocycles. The number of alkyl halides is 21. The zero-order chi connectivity index (χ0) is 40.3. The largest absolute Gasteiger partial charge is 0.457 e. The van der Waals surface area contributed by atoms with Gasteiger partial charge in [0, 0.05) is 12.8 Å². The zero-order valence-electron chi connectivity index (χ0n) is 24.8. The lowest BCUT2D eigenvalue weighted by molar-refractivity contribution is -0.397. The van der Waals surface area contributed by atoms with E-state index < -0.39 is 137 Å². The molecule has 4 unspecified atom stereocenters. The minimum absolute atomic E-state index is 0.814. The van der Waals surface area contributed by atoms with E-state index in [1.807, 2.05) is 0 Å². The summed E-state index contributed by atoms with van der Waals surface area (Å²) in [5.41, 5.74) is 0. The topological polar surface area (TPSA) is 72.5 Å². The van der Waals surface area contributed by atoms with Crippen molar-refractivity contribution in [2.24, 2.45) is 0 Å². The fourth-order valence-corrected chi connectivity index (χ4v) is 3.62. The fraction of sp³-hybridized carbons (Fsp3) is 0.957. The van der Waals surface area contributed by atoms with Gasteiger partial charge in [-0.25, -0.2) is 35.5 Å². The van der Waals surface area contributed by atoms with Crippen molar-refractivity contribution in [3.63, 3.8) is 0 Å². The Hall–Kier alpha value is -2.20. The minimum atomic E-state index is -6.34. The molecule has 0 spiro atoms. The quantitative estimate of drug-likeness (QED) is 0.0853. The van der Waals surface area contributed by atoms with Crippen LogP contribution in [-0.2, 0) is 33.2 Å². The Labute approximate surface area is 270 Å². The van der Waals surface area contributed by atoms with Gasteiger partial charge in [0.2, 0.25) is 6.36 Å². The maximum atomic E-state index is 14.0. The van der Waals surface area contributed by atoms with Crippen LogP contribution in [0.3, 0.4) is 0 Å². The van der Waals surface area contributed by atoms with Gasteiger partial charge in [-0.3, -0.25) is 9.47 Å². The summed E-state index contributed by atoms with van der Waals surface area (Å²) in [7, 11) is 0. The highest BCUT2D eigenvalue weighted by Crippen LogP contribution is 2.48. The molecule has 1 fully saturated rings. The molecule has 0 bridgehead atoms. The van der Waals surface area contributed by atoms with E-state index >= 15 is 0 Å². The normalized spacial score (nSPS) is 20.9. The van der Waals surface area contributed by atoms with Crippen molar-refractivity contribution in [3.05, 3.63) is 0 Å². The van der Waals surface area contributed by atoms with Gasteiger partial charge in [-0.15, -0.1) is 0 Å². The van der Waals surface area contributed by atoms with Gasteiger partial charge in [0.25, 0.3) is 23.9 Å². The molecule has 1 rings (SSSR count). The number of ether oxygens (including phenoxy) is 6. The van der Waals surface area contributed by atoms with Gasteiger partial charge >= 0.3 is 42.8 Å². The molecule has 0 N–H and O–H groups in total. The lowest BCUT2D eigenvalue weighted by Crippen LogP contribution is -2.62. The lowest BCUT2D eigenvalue weighted by atomic mass is 9.86. The Bertz CT molecular complexity index is 1130. The van der Waals surface area contributed by atoms with Gasteiger partial charge in [-0.1, -0.05) is 6.92 Å². The Morgan fingerprint density at radius 2 is 1.18 bits per heavy atom. The first-order valence-corrected chi connectivity index (χ1v) is 13.3. The van der Waals surface area contributed by atoms with Gasteiger partial charge in [0.1, 0.15) is 38.6 Å². The van der Waals surface area contributed by atoms with Crippen LogP contribution in [-0.4, -0.2) is 105 Å². The summed E-state index contributed by atoms with van der Waals surface area (Å²) in [6.45, 7) is -6.51. The molecule has 304 valence electrons. The summed E-state index contributed by atoms with van der Waals surface area (Å²) in [4.78, 5) is 11.4. The Balaban J connectivity index is 2.70. The maximum absolute atomic E-state index is 14.0. The molecule has 4 atom stereocenters. The van der Waals surface area contributed by atoms with Crippen molar-refractivity contribution >= 4 is 5.97 Å². The van der Waals surface area contributed by atoms with Crippen molar-refractivity contribution in [2.45, 2.75) is 118 Å². The number of rotatable bonds is 21. The summed E-state index contributed by atoms with van der Waals surface area (Å²) >= 11 is 0. The molecule has 0 radical (unpaired) electrons. The van der Waals surface area contributed by atoms with Crippen LogP contribution in [0.25, 0.3) is 0 Å². The summed E-state index contributed by atoms with van der Waals surface area (Å²) in [5, 5.41) is 0. The molecule has 28 heteroatoms. The van der Waals surface area contributed by atoms with Crippen LogP contribution in [0, 0.1) is 0 Å². The summed E-state index contributed by atoms with van der Waals surface area (Å²) in [6.07, 6.45) is -58.8. The molecule has 0 amide bonds.